The SMILES string of the molecule is S=C(NCCC(c1ccccc1)c1ccccc1)NC12CC3CC(CC(C3)C1)C2. The minimum atomic E-state index is 0.289. The van der Waals surface area contributed by atoms with Crippen LogP contribution in [0.5, 0.6) is 0 Å². The first kappa shape index (κ1) is 19.1. The Morgan fingerprint density at radius 1 is 0.828 bits per heavy atom. The van der Waals surface area contributed by atoms with Gasteiger partial charge in [0.05, 0.1) is 0 Å². The zero-order valence-electron chi connectivity index (χ0n) is 17.1. The van der Waals surface area contributed by atoms with Gasteiger partial charge in [-0.05, 0) is 86.0 Å². The summed E-state index contributed by atoms with van der Waals surface area (Å²) in [6.45, 7) is 0.895. The van der Waals surface area contributed by atoms with Crippen molar-refractivity contribution in [1.29, 1.82) is 0 Å². The molecule has 4 aliphatic rings. The van der Waals surface area contributed by atoms with Gasteiger partial charge < -0.3 is 10.6 Å². The molecule has 2 N–H and O–H groups in total. The lowest BCUT2D eigenvalue weighted by Gasteiger charge is -2.57. The molecule has 0 heterocycles. The van der Waals surface area contributed by atoms with Crippen LogP contribution >= 0.6 is 12.2 Å². The van der Waals surface area contributed by atoms with Crippen molar-refractivity contribution in [3.8, 4) is 0 Å². The van der Waals surface area contributed by atoms with E-state index in [1.54, 1.807) is 0 Å². The second-order valence-corrected chi connectivity index (χ2v) is 10.1. The summed E-state index contributed by atoms with van der Waals surface area (Å²) in [6, 6.07) is 21.7. The Morgan fingerprint density at radius 3 is 1.79 bits per heavy atom. The molecule has 4 saturated carbocycles. The summed E-state index contributed by atoms with van der Waals surface area (Å²) >= 11 is 5.75. The van der Waals surface area contributed by atoms with Gasteiger partial charge in [-0.2, -0.15) is 0 Å². The molecule has 4 fully saturated rings. The van der Waals surface area contributed by atoms with Crippen LogP contribution in [0.3, 0.4) is 0 Å². The summed E-state index contributed by atoms with van der Waals surface area (Å²) < 4.78 is 0. The highest BCUT2D eigenvalue weighted by atomic mass is 32.1. The van der Waals surface area contributed by atoms with E-state index in [4.69, 9.17) is 12.2 Å². The summed E-state index contributed by atoms with van der Waals surface area (Å²) in [5, 5.41) is 8.21. The fourth-order valence-corrected chi connectivity index (χ4v) is 7.09. The first-order chi connectivity index (χ1) is 14.2. The number of benzene rings is 2. The largest absolute Gasteiger partial charge is 0.363 e. The Morgan fingerprint density at radius 2 is 1.31 bits per heavy atom. The fraction of sp³-hybridized carbons (Fsp3) is 0.500. The van der Waals surface area contributed by atoms with Crippen molar-refractivity contribution in [3.05, 3.63) is 71.8 Å². The lowest BCUT2D eigenvalue weighted by molar-refractivity contribution is -0.0101. The van der Waals surface area contributed by atoms with Gasteiger partial charge in [0.15, 0.2) is 5.11 Å². The van der Waals surface area contributed by atoms with E-state index in [0.29, 0.717) is 5.92 Å². The molecular weight excluding hydrogens is 372 g/mol. The van der Waals surface area contributed by atoms with Crippen LogP contribution in [0.15, 0.2) is 60.7 Å². The molecule has 0 atom stereocenters. The maximum absolute atomic E-state index is 5.75. The van der Waals surface area contributed by atoms with E-state index < -0.39 is 0 Å². The second kappa shape index (κ2) is 8.10. The van der Waals surface area contributed by atoms with Crippen molar-refractivity contribution in [2.45, 2.75) is 56.4 Å². The van der Waals surface area contributed by atoms with Crippen LogP contribution in [0.2, 0.25) is 0 Å². The van der Waals surface area contributed by atoms with Crippen molar-refractivity contribution in [2.75, 3.05) is 6.54 Å². The molecule has 4 bridgehead atoms. The summed E-state index contributed by atoms with van der Waals surface area (Å²) in [6.07, 6.45) is 9.44. The maximum atomic E-state index is 5.75. The third kappa shape index (κ3) is 4.21. The smallest absolute Gasteiger partial charge is 0.166 e. The highest BCUT2D eigenvalue weighted by Crippen LogP contribution is 2.55. The second-order valence-electron chi connectivity index (χ2n) is 9.74. The monoisotopic (exact) mass is 404 g/mol. The molecule has 0 radical (unpaired) electrons. The Balaban J connectivity index is 1.20. The molecule has 2 aromatic carbocycles. The summed E-state index contributed by atoms with van der Waals surface area (Å²) in [7, 11) is 0. The summed E-state index contributed by atoms with van der Waals surface area (Å²) in [4.78, 5) is 0. The lowest BCUT2D eigenvalue weighted by atomic mass is 9.53. The Kier molecular flexibility index (Phi) is 5.34. The Bertz CT molecular complexity index is 758. The van der Waals surface area contributed by atoms with Gasteiger partial charge in [-0.3, -0.25) is 0 Å². The standard InChI is InChI=1S/C26H32N2S/c29-25(28-26-16-19-13-20(17-26)15-21(14-19)18-26)27-12-11-24(22-7-3-1-4-8-22)23-9-5-2-6-10-23/h1-10,19-21,24H,11-18H2,(H2,27,28,29). The predicted octanol–water partition coefficient (Wildman–Crippen LogP) is 5.64. The van der Waals surface area contributed by atoms with Crippen LogP contribution in [0.25, 0.3) is 0 Å². The molecule has 0 spiro atoms. The molecule has 6 rings (SSSR count). The molecule has 2 nitrogen and oxygen atoms in total. The van der Waals surface area contributed by atoms with Gasteiger partial charge in [-0.25, -0.2) is 0 Å². The van der Waals surface area contributed by atoms with Gasteiger partial charge in [0, 0.05) is 18.0 Å². The number of thiocarbonyl (C=S) groups is 1. The van der Waals surface area contributed by atoms with Crippen molar-refractivity contribution in [1.82, 2.24) is 10.6 Å². The minimum Gasteiger partial charge on any atom is -0.363 e. The molecule has 0 saturated heterocycles. The van der Waals surface area contributed by atoms with E-state index >= 15 is 0 Å². The third-order valence-corrected chi connectivity index (χ3v) is 7.79. The lowest BCUT2D eigenvalue weighted by Crippen LogP contribution is -2.61. The van der Waals surface area contributed by atoms with Crippen molar-refractivity contribution in [3.63, 3.8) is 0 Å². The van der Waals surface area contributed by atoms with Crippen molar-refractivity contribution >= 4 is 17.3 Å². The average molecular weight is 405 g/mol. The van der Waals surface area contributed by atoms with E-state index in [2.05, 4.69) is 71.3 Å². The van der Waals surface area contributed by atoms with Gasteiger partial charge in [-0.1, -0.05) is 60.7 Å². The molecule has 0 aromatic heterocycles. The van der Waals surface area contributed by atoms with Crippen LogP contribution in [-0.2, 0) is 0 Å². The van der Waals surface area contributed by atoms with Gasteiger partial charge in [0.1, 0.15) is 0 Å². The number of nitrogens with one attached hydrogen (secondary N) is 2. The minimum absolute atomic E-state index is 0.289. The Labute approximate surface area is 180 Å². The number of hydrogen-bond acceptors (Lipinski definition) is 1. The number of hydrogen-bond donors (Lipinski definition) is 2. The van der Waals surface area contributed by atoms with Gasteiger partial charge in [0.2, 0.25) is 0 Å². The van der Waals surface area contributed by atoms with Gasteiger partial charge in [-0.15, -0.1) is 0 Å². The predicted molar refractivity (Wildman–Crippen MR) is 124 cm³/mol. The third-order valence-electron chi connectivity index (χ3n) is 7.54. The van der Waals surface area contributed by atoms with E-state index in [-0.39, 0.29) is 5.54 Å². The molecular formula is C26H32N2S. The molecule has 3 heteroatoms. The van der Waals surface area contributed by atoms with Crippen LogP contribution < -0.4 is 10.6 Å². The molecule has 0 amide bonds. The van der Waals surface area contributed by atoms with Gasteiger partial charge >= 0.3 is 0 Å². The van der Waals surface area contributed by atoms with E-state index in [9.17, 15) is 0 Å². The normalized spacial score (nSPS) is 29.8. The Hall–Kier alpha value is -1.87. The zero-order chi connectivity index (χ0) is 19.7. The molecule has 2 aromatic rings. The van der Waals surface area contributed by atoms with Gasteiger partial charge in [0.25, 0.3) is 0 Å². The molecule has 29 heavy (non-hydrogen) atoms. The molecule has 0 aliphatic heterocycles. The van der Waals surface area contributed by atoms with Crippen LogP contribution in [0.4, 0.5) is 0 Å². The topological polar surface area (TPSA) is 24.1 Å². The quantitative estimate of drug-likeness (QED) is 0.609. The maximum Gasteiger partial charge on any atom is 0.166 e. The van der Waals surface area contributed by atoms with E-state index in [1.807, 2.05) is 0 Å². The van der Waals surface area contributed by atoms with Crippen LogP contribution in [0.1, 0.15) is 62.0 Å². The molecule has 4 aliphatic carbocycles. The first-order valence-corrected chi connectivity index (χ1v) is 11.8. The first-order valence-electron chi connectivity index (χ1n) is 11.3. The zero-order valence-corrected chi connectivity index (χ0v) is 18.0. The van der Waals surface area contributed by atoms with E-state index in [1.165, 1.54) is 49.7 Å². The van der Waals surface area contributed by atoms with Crippen molar-refractivity contribution in [2.24, 2.45) is 17.8 Å². The highest BCUT2D eigenvalue weighted by molar-refractivity contribution is 7.80. The van der Waals surface area contributed by atoms with Crippen LogP contribution in [0, 0.1) is 17.8 Å². The summed E-state index contributed by atoms with van der Waals surface area (Å²) in [5.74, 6) is 3.22. The average Bonchev–Trinajstić information content (AvgIpc) is 2.71. The highest BCUT2D eigenvalue weighted by Gasteiger charge is 2.51. The molecule has 152 valence electrons. The fourth-order valence-electron chi connectivity index (χ4n) is 6.78. The van der Waals surface area contributed by atoms with E-state index in [0.717, 1.165) is 35.8 Å². The van der Waals surface area contributed by atoms with Crippen molar-refractivity contribution < 1.29 is 0 Å². The number of rotatable bonds is 6. The summed E-state index contributed by atoms with van der Waals surface area (Å²) in [5.41, 5.74) is 3.04. The molecule has 0 unspecified atom stereocenters. The van der Waals surface area contributed by atoms with Crippen LogP contribution in [-0.4, -0.2) is 17.2 Å².